The summed E-state index contributed by atoms with van der Waals surface area (Å²) in [6.07, 6.45) is 0. The van der Waals surface area contributed by atoms with Gasteiger partial charge in [-0.1, -0.05) is 41.9 Å². The van der Waals surface area contributed by atoms with Gasteiger partial charge in [0.05, 0.1) is 17.9 Å². The Morgan fingerprint density at radius 2 is 1.64 bits per heavy atom. The number of rotatable bonds is 6. The molecule has 6 heteroatoms. The minimum absolute atomic E-state index is 0.213. The topological polar surface area (TPSA) is 58.6 Å². The summed E-state index contributed by atoms with van der Waals surface area (Å²) in [6.45, 7) is 8.26. The number of amides is 2. The van der Waals surface area contributed by atoms with Crippen LogP contribution in [0.1, 0.15) is 29.2 Å². The second kappa shape index (κ2) is 9.12. The van der Waals surface area contributed by atoms with Gasteiger partial charge in [-0.3, -0.25) is 9.59 Å². The smallest absolute Gasteiger partial charge is 0.282 e. The number of hydrogen-bond acceptors (Lipinski definition) is 4. The number of benzene rings is 3. The first-order valence-electron chi connectivity index (χ1n) is 10.8. The highest BCUT2D eigenvalue weighted by atomic mass is 35.5. The van der Waals surface area contributed by atoms with Crippen LogP contribution in [-0.4, -0.2) is 18.4 Å². The lowest BCUT2D eigenvalue weighted by molar-refractivity contribution is -0.120. The molecule has 0 aromatic heterocycles. The second-order valence-electron chi connectivity index (χ2n) is 8.01. The molecule has 0 unspecified atom stereocenters. The number of aryl methyl sites for hydroxylation is 3. The minimum Gasteiger partial charge on any atom is -0.494 e. The Balaban J connectivity index is 1.82. The van der Waals surface area contributed by atoms with E-state index in [1.54, 1.807) is 30.3 Å². The van der Waals surface area contributed by atoms with E-state index >= 15 is 0 Å². The number of carbonyl (C=O) groups is 2. The molecule has 5 nitrogen and oxygen atoms in total. The maximum absolute atomic E-state index is 13.6. The summed E-state index contributed by atoms with van der Waals surface area (Å²) in [5, 5.41) is 3.74. The highest BCUT2D eigenvalue weighted by Gasteiger charge is 2.40. The van der Waals surface area contributed by atoms with E-state index in [0.717, 1.165) is 16.7 Å². The molecule has 2 amide bonds. The van der Waals surface area contributed by atoms with Crippen molar-refractivity contribution in [1.82, 2.24) is 0 Å². The highest BCUT2D eigenvalue weighted by molar-refractivity contribution is 6.46. The maximum atomic E-state index is 13.6. The third kappa shape index (κ3) is 4.37. The van der Waals surface area contributed by atoms with Crippen LogP contribution in [-0.2, 0) is 9.59 Å². The van der Waals surface area contributed by atoms with Gasteiger partial charge >= 0.3 is 0 Å². The molecule has 0 radical (unpaired) electrons. The third-order valence-corrected chi connectivity index (χ3v) is 6.11. The molecule has 33 heavy (non-hydrogen) atoms. The number of anilines is 2. The monoisotopic (exact) mass is 460 g/mol. The fraction of sp³-hybridized carbons (Fsp3) is 0.185. The molecule has 3 aromatic rings. The van der Waals surface area contributed by atoms with Gasteiger partial charge in [0.2, 0.25) is 0 Å². The van der Waals surface area contributed by atoms with Gasteiger partial charge in [0, 0.05) is 16.8 Å². The first-order valence-corrected chi connectivity index (χ1v) is 11.1. The summed E-state index contributed by atoms with van der Waals surface area (Å²) in [7, 11) is 0. The fourth-order valence-corrected chi connectivity index (χ4v) is 3.92. The number of carbonyl (C=O) groups excluding carboxylic acids is 2. The number of imide groups is 1. The molecule has 0 saturated carbocycles. The normalized spacial score (nSPS) is 13.7. The van der Waals surface area contributed by atoms with Gasteiger partial charge in [0.1, 0.15) is 11.4 Å². The van der Waals surface area contributed by atoms with Crippen LogP contribution in [0.2, 0.25) is 5.02 Å². The van der Waals surface area contributed by atoms with Gasteiger partial charge in [-0.25, -0.2) is 4.90 Å². The lowest BCUT2D eigenvalue weighted by Crippen LogP contribution is -2.32. The van der Waals surface area contributed by atoms with E-state index in [1.807, 2.05) is 58.0 Å². The number of nitrogens with zero attached hydrogens (tertiary/aromatic N) is 1. The summed E-state index contributed by atoms with van der Waals surface area (Å²) >= 11 is 6.30. The summed E-state index contributed by atoms with van der Waals surface area (Å²) in [6, 6.07) is 18.2. The summed E-state index contributed by atoms with van der Waals surface area (Å²) in [4.78, 5) is 28.4. The first kappa shape index (κ1) is 22.6. The Labute approximate surface area is 198 Å². The largest absolute Gasteiger partial charge is 0.494 e. The van der Waals surface area contributed by atoms with Gasteiger partial charge in [0.25, 0.3) is 11.8 Å². The molecule has 3 aromatic carbocycles. The van der Waals surface area contributed by atoms with Crippen molar-refractivity contribution >= 4 is 40.4 Å². The fourth-order valence-electron chi connectivity index (χ4n) is 3.74. The van der Waals surface area contributed by atoms with E-state index in [2.05, 4.69) is 5.32 Å². The maximum Gasteiger partial charge on any atom is 0.282 e. The van der Waals surface area contributed by atoms with Crippen molar-refractivity contribution in [1.29, 1.82) is 0 Å². The standard InChI is InChI=1S/C27H25ClN2O3/c1-5-33-22-8-6-7-21(15-22)30-26(31)24(19-11-9-16(2)18(4)13-19)25(27(30)32)29-20-12-10-17(3)23(28)14-20/h6-15,29H,5H2,1-4H3. The van der Waals surface area contributed by atoms with E-state index in [4.69, 9.17) is 16.3 Å². The zero-order valence-corrected chi connectivity index (χ0v) is 19.8. The highest BCUT2D eigenvalue weighted by Crippen LogP contribution is 2.36. The van der Waals surface area contributed by atoms with Crippen LogP contribution in [0.5, 0.6) is 5.75 Å². The Morgan fingerprint density at radius 3 is 2.33 bits per heavy atom. The van der Waals surface area contributed by atoms with Gasteiger partial charge in [-0.05, 0) is 74.2 Å². The van der Waals surface area contributed by atoms with Crippen molar-refractivity contribution in [2.24, 2.45) is 0 Å². The van der Waals surface area contributed by atoms with Gasteiger partial charge in [0.15, 0.2) is 0 Å². The molecular weight excluding hydrogens is 436 g/mol. The zero-order chi connectivity index (χ0) is 23.7. The second-order valence-corrected chi connectivity index (χ2v) is 8.42. The molecule has 1 aliphatic heterocycles. The first-order chi connectivity index (χ1) is 15.8. The molecule has 1 heterocycles. The zero-order valence-electron chi connectivity index (χ0n) is 19.0. The van der Waals surface area contributed by atoms with Crippen molar-refractivity contribution in [2.75, 3.05) is 16.8 Å². The Bertz CT molecular complexity index is 1300. The van der Waals surface area contributed by atoms with Gasteiger partial charge < -0.3 is 10.1 Å². The number of hydrogen-bond donors (Lipinski definition) is 1. The van der Waals surface area contributed by atoms with Crippen molar-refractivity contribution in [2.45, 2.75) is 27.7 Å². The van der Waals surface area contributed by atoms with E-state index in [1.165, 1.54) is 4.90 Å². The number of halogens is 1. The molecule has 0 saturated heterocycles. The average molecular weight is 461 g/mol. The quantitative estimate of drug-likeness (QED) is 0.454. The van der Waals surface area contributed by atoms with Crippen molar-refractivity contribution in [3.05, 3.63) is 93.6 Å². The molecule has 0 atom stereocenters. The van der Waals surface area contributed by atoms with Gasteiger partial charge in [-0.15, -0.1) is 0 Å². The van der Waals surface area contributed by atoms with Crippen LogP contribution in [0.4, 0.5) is 11.4 Å². The van der Waals surface area contributed by atoms with Crippen LogP contribution in [0.25, 0.3) is 5.57 Å². The molecule has 168 valence electrons. The lowest BCUT2D eigenvalue weighted by Gasteiger charge is -2.16. The van der Waals surface area contributed by atoms with E-state index < -0.39 is 11.8 Å². The van der Waals surface area contributed by atoms with Crippen LogP contribution >= 0.6 is 11.6 Å². The molecule has 0 fully saturated rings. The SMILES string of the molecule is CCOc1cccc(N2C(=O)C(Nc3ccc(C)c(Cl)c3)=C(c3ccc(C)c(C)c3)C2=O)c1. The molecule has 4 rings (SSSR count). The van der Waals surface area contributed by atoms with Crippen LogP contribution in [0.3, 0.4) is 0 Å². The van der Waals surface area contributed by atoms with Crippen molar-refractivity contribution < 1.29 is 14.3 Å². The average Bonchev–Trinajstić information content (AvgIpc) is 3.02. The molecule has 0 aliphatic carbocycles. The number of ether oxygens (including phenoxy) is 1. The van der Waals surface area contributed by atoms with E-state index in [-0.39, 0.29) is 5.70 Å². The third-order valence-electron chi connectivity index (χ3n) is 5.71. The molecule has 1 aliphatic rings. The Hall–Kier alpha value is -3.57. The van der Waals surface area contributed by atoms with Crippen molar-refractivity contribution in [3.8, 4) is 5.75 Å². The predicted molar refractivity (Wildman–Crippen MR) is 133 cm³/mol. The van der Waals surface area contributed by atoms with Crippen molar-refractivity contribution in [3.63, 3.8) is 0 Å². The molecular formula is C27H25ClN2O3. The predicted octanol–water partition coefficient (Wildman–Crippen LogP) is 6.06. The summed E-state index contributed by atoms with van der Waals surface area (Å²) in [5.74, 6) is -0.230. The number of nitrogens with one attached hydrogen (secondary N) is 1. The van der Waals surface area contributed by atoms with E-state index in [0.29, 0.717) is 39.9 Å². The molecule has 1 N–H and O–H groups in total. The Kier molecular flexibility index (Phi) is 6.25. The van der Waals surface area contributed by atoms with Crippen LogP contribution in [0, 0.1) is 20.8 Å². The van der Waals surface area contributed by atoms with Crippen LogP contribution in [0.15, 0.2) is 66.4 Å². The molecule has 0 spiro atoms. The summed E-state index contributed by atoms with van der Waals surface area (Å²) < 4.78 is 5.57. The lowest BCUT2D eigenvalue weighted by atomic mass is 9.99. The van der Waals surface area contributed by atoms with E-state index in [9.17, 15) is 9.59 Å². The minimum atomic E-state index is -0.432. The van der Waals surface area contributed by atoms with Gasteiger partial charge in [-0.2, -0.15) is 0 Å². The molecule has 0 bridgehead atoms. The Morgan fingerprint density at radius 1 is 0.879 bits per heavy atom. The van der Waals surface area contributed by atoms with Crippen LogP contribution < -0.4 is 15.0 Å². The summed E-state index contributed by atoms with van der Waals surface area (Å²) in [5.41, 5.74) is 5.37.